The molecule has 2 N–H and O–H groups in total. The molecule has 11 nitrogen and oxygen atoms in total. The van der Waals surface area contributed by atoms with Crippen LogP contribution in [0.4, 0.5) is 16.2 Å². The lowest BCUT2D eigenvalue weighted by Crippen LogP contribution is -2.36. The Morgan fingerprint density at radius 2 is 1.63 bits per heavy atom. The summed E-state index contributed by atoms with van der Waals surface area (Å²) < 4.78 is 16.2. The number of aryl methyl sites for hydroxylation is 1. The Hall–Kier alpha value is -4.81. The molecule has 0 aliphatic carbocycles. The number of imide groups is 1. The molecule has 240 valence electrons. The second-order valence-electron chi connectivity index (χ2n) is 9.94. The monoisotopic (exact) mass is 665 g/mol. The number of esters is 1. The SMILES string of the molecule is CCCOC(=O)c1cc(NC(=O)CN2C(=O)S/C(=C\c3ccc(OCC(=O)Nc4ccc(CC)cc4)c(OC)c3)C2=O)ccc1Cl. The van der Waals surface area contributed by atoms with Crippen LogP contribution in [0.2, 0.25) is 5.02 Å². The van der Waals surface area contributed by atoms with Gasteiger partial charge in [-0.05, 0) is 84.3 Å². The van der Waals surface area contributed by atoms with E-state index in [1.165, 1.54) is 31.4 Å². The molecule has 13 heteroatoms. The van der Waals surface area contributed by atoms with Gasteiger partial charge in [0.05, 0.1) is 29.2 Å². The summed E-state index contributed by atoms with van der Waals surface area (Å²) in [7, 11) is 1.44. The van der Waals surface area contributed by atoms with Gasteiger partial charge in [0, 0.05) is 11.4 Å². The van der Waals surface area contributed by atoms with Crippen molar-refractivity contribution in [3.8, 4) is 11.5 Å². The smallest absolute Gasteiger partial charge is 0.339 e. The van der Waals surface area contributed by atoms with Gasteiger partial charge < -0.3 is 24.8 Å². The lowest BCUT2D eigenvalue weighted by molar-refractivity contribution is -0.127. The van der Waals surface area contributed by atoms with Crippen LogP contribution in [-0.2, 0) is 25.5 Å². The number of halogens is 1. The van der Waals surface area contributed by atoms with Gasteiger partial charge in [-0.2, -0.15) is 0 Å². The van der Waals surface area contributed by atoms with Crippen LogP contribution < -0.4 is 20.1 Å². The van der Waals surface area contributed by atoms with Gasteiger partial charge in [0.2, 0.25) is 5.91 Å². The maximum absolute atomic E-state index is 13.0. The minimum atomic E-state index is -0.649. The molecule has 1 saturated heterocycles. The second-order valence-corrected chi connectivity index (χ2v) is 11.3. The van der Waals surface area contributed by atoms with E-state index < -0.39 is 29.6 Å². The van der Waals surface area contributed by atoms with Gasteiger partial charge in [-0.15, -0.1) is 0 Å². The third-order valence-corrected chi connectivity index (χ3v) is 7.81. The predicted octanol–water partition coefficient (Wildman–Crippen LogP) is 6.17. The molecule has 0 atom stereocenters. The lowest BCUT2D eigenvalue weighted by Gasteiger charge is -2.13. The van der Waals surface area contributed by atoms with E-state index in [0.717, 1.165) is 16.9 Å². The molecule has 0 saturated carbocycles. The highest BCUT2D eigenvalue weighted by Gasteiger charge is 2.36. The summed E-state index contributed by atoms with van der Waals surface area (Å²) in [6.45, 7) is 3.32. The average Bonchev–Trinajstić information content (AvgIpc) is 3.31. The van der Waals surface area contributed by atoms with Crippen LogP contribution >= 0.6 is 23.4 Å². The van der Waals surface area contributed by atoms with Gasteiger partial charge >= 0.3 is 5.97 Å². The fourth-order valence-electron chi connectivity index (χ4n) is 4.22. The van der Waals surface area contributed by atoms with E-state index in [0.29, 0.717) is 40.9 Å². The van der Waals surface area contributed by atoms with E-state index in [-0.39, 0.29) is 40.3 Å². The van der Waals surface area contributed by atoms with Crippen molar-refractivity contribution in [2.45, 2.75) is 26.7 Å². The van der Waals surface area contributed by atoms with Crippen LogP contribution in [0.15, 0.2) is 65.6 Å². The molecule has 0 spiro atoms. The summed E-state index contributed by atoms with van der Waals surface area (Å²) >= 11 is 6.80. The van der Waals surface area contributed by atoms with Crippen molar-refractivity contribution in [2.24, 2.45) is 0 Å². The number of hydrogen-bond acceptors (Lipinski definition) is 9. The van der Waals surface area contributed by atoms with Crippen molar-refractivity contribution >= 4 is 69.7 Å². The Bertz CT molecular complexity index is 1680. The molecule has 1 aliphatic heterocycles. The zero-order valence-electron chi connectivity index (χ0n) is 25.4. The first-order valence-corrected chi connectivity index (χ1v) is 15.5. The van der Waals surface area contributed by atoms with Crippen LogP contribution in [0.5, 0.6) is 11.5 Å². The maximum Gasteiger partial charge on any atom is 0.339 e. The summed E-state index contributed by atoms with van der Waals surface area (Å²) in [4.78, 5) is 64.0. The molecular weight excluding hydrogens is 634 g/mol. The van der Waals surface area contributed by atoms with Crippen molar-refractivity contribution in [1.29, 1.82) is 0 Å². The molecule has 0 bridgehead atoms. The first-order chi connectivity index (χ1) is 22.1. The Morgan fingerprint density at radius 1 is 0.913 bits per heavy atom. The quantitative estimate of drug-likeness (QED) is 0.162. The molecule has 0 aromatic heterocycles. The second kappa shape index (κ2) is 16.0. The third kappa shape index (κ3) is 8.89. The van der Waals surface area contributed by atoms with Gasteiger partial charge in [-0.1, -0.05) is 43.6 Å². The normalized spacial score (nSPS) is 13.5. The molecule has 3 aromatic rings. The molecule has 0 radical (unpaired) electrons. The van der Waals surface area contributed by atoms with Gasteiger partial charge in [-0.3, -0.25) is 24.1 Å². The van der Waals surface area contributed by atoms with Gasteiger partial charge in [0.1, 0.15) is 6.54 Å². The predicted molar refractivity (Wildman–Crippen MR) is 176 cm³/mol. The average molecular weight is 666 g/mol. The molecule has 46 heavy (non-hydrogen) atoms. The molecular formula is C33H32ClN3O8S. The molecule has 1 aliphatic rings. The van der Waals surface area contributed by atoms with Crippen LogP contribution in [0.25, 0.3) is 6.08 Å². The summed E-state index contributed by atoms with van der Waals surface area (Å²) in [5.74, 6) is -1.65. The number of carbonyl (C=O) groups is 5. The zero-order valence-corrected chi connectivity index (χ0v) is 27.0. The number of ether oxygens (including phenoxy) is 3. The van der Waals surface area contributed by atoms with Gasteiger partial charge in [-0.25, -0.2) is 4.79 Å². The fourth-order valence-corrected chi connectivity index (χ4v) is 5.25. The van der Waals surface area contributed by atoms with E-state index in [1.54, 1.807) is 18.2 Å². The fraction of sp³-hybridized carbons (Fsp3) is 0.242. The number of thioether (sulfide) groups is 1. The minimum Gasteiger partial charge on any atom is -0.493 e. The van der Waals surface area contributed by atoms with Crippen LogP contribution in [0.3, 0.4) is 0 Å². The van der Waals surface area contributed by atoms with Crippen LogP contribution in [-0.4, -0.2) is 60.7 Å². The number of methoxy groups -OCH3 is 1. The number of anilines is 2. The summed E-state index contributed by atoms with van der Waals surface area (Å²) in [6, 6.07) is 16.6. The zero-order chi connectivity index (χ0) is 33.2. The number of carbonyl (C=O) groups excluding carboxylic acids is 5. The molecule has 4 amide bonds. The van der Waals surface area contributed by atoms with E-state index in [4.69, 9.17) is 25.8 Å². The molecule has 4 rings (SSSR count). The van der Waals surface area contributed by atoms with Gasteiger partial charge in [0.15, 0.2) is 18.1 Å². The van der Waals surface area contributed by atoms with E-state index in [9.17, 15) is 24.0 Å². The summed E-state index contributed by atoms with van der Waals surface area (Å²) in [5.41, 5.74) is 2.67. The first kappa shape index (κ1) is 34.1. The third-order valence-electron chi connectivity index (χ3n) is 6.57. The standard InChI is InChI=1S/C33H32ClN3O8S/c1-4-14-44-32(41)24-17-23(11-12-25(24)34)36-29(38)18-37-31(40)28(46-33(37)42)16-21-8-13-26(27(15-21)43-3)45-19-30(39)35-22-9-6-20(5-2)7-10-22/h6-13,15-17H,4-5,14,18-19H2,1-3H3,(H,35,39)(H,36,38)/b28-16-. The molecule has 3 aromatic carbocycles. The highest BCUT2D eigenvalue weighted by molar-refractivity contribution is 8.18. The highest BCUT2D eigenvalue weighted by Crippen LogP contribution is 2.34. The van der Waals surface area contributed by atoms with Crippen molar-refractivity contribution in [3.63, 3.8) is 0 Å². The summed E-state index contributed by atoms with van der Waals surface area (Å²) in [5, 5.41) is 4.89. The number of nitrogens with zero attached hydrogens (tertiary/aromatic N) is 1. The first-order valence-electron chi connectivity index (χ1n) is 14.3. The van der Waals surface area contributed by atoms with Crippen molar-refractivity contribution in [3.05, 3.63) is 87.3 Å². The maximum atomic E-state index is 13.0. The number of benzene rings is 3. The minimum absolute atomic E-state index is 0.0785. The van der Waals surface area contributed by atoms with Crippen molar-refractivity contribution < 1.29 is 38.2 Å². The van der Waals surface area contributed by atoms with Crippen molar-refractivity contribution in [1.82, 2.24) is 4.90 Å². The largest absolute Gasteiger partial charge is 0.493 e. The lowest BCUT2D eigenvalue weighted by atomic mass is 10.1. The summed E-state index contributed by atoms with van der Waals surface area (Å²) in [6.07, 6.45) is 3.03. The number of hydrogen-bond donors (Lipinski definition) is 2. The molecule has 1 heterocycles. The van der Waals surface area contributed by atoms with Gasteiger partial charge in [0.25, 0.3) is 17.1 Å². The Morgan fingerprint density at radius 3 is 2.33 bits per heavy atom. The van der Waals surface area contributed by atoms with Crippen LogP contribution in [0.1, 0.15) is 41.8 Å². The van der Waals surface area contributed by atoms with E-state index >= 15 is 0 Å². The Labute approximate surface area is 275 Å². The number of rotatable bonds is 13. The van der Waals surface area contributed by atoms with Crippen LogP contribution in [0, 0.1) is 0 Å². The highest BCUT2D eigenvalue weighted by atomic mass is 35.5. The molecule has 1 fully saturated rings. The number of amides is 4. The topological polar surface area (TPSA) is 140 Å². The number of nitrogens with one attached hydrogen (secondary N) is 2. The Kier molecular flexibility index (Phi) is 11.8. The van der Waals surface area contributed by atoms with E-state index in [1.807, 2.05) is 38.1 Å². The molecule has 0 unspecified atom stereocenters. The van der Waals surface area contributed by atoms with Crippen molar-refractivity contribution in [2.75, 3.05) is 37.5 Å². The Balaban J connectivity index is 1.36. The van der Waals surface area contributed by atoms with E-state index in [2.05, 4.69) is 10.6 Å².